The molecule has 1 unspecified atom stereocenters. The Hall–Kier alpha value is -6.27. The number of alkyl halides is 1. The Kier molecular flexibility index (Phi) is 9.62. The molecular weight excluding hydrogens is 792 g/mol. The SMILES string of the molecule is O=C1CCC(N2Cc3cc(N4CC[C@H]4COc4ccc(-c5cnc6[nH]cc(C(=O)c7c(F)ccc(NS(=O)(=O)N8CC[C@@H](F)C8)c7F)c6c5)cc4)ccc3C2=O)C(=O)N1. The smallest absolute Gasteiger partial charge is 0.301 e. The summed E-state index contributed by atoms with van der Waals surface area (Å²) >= 11 is 0. The molecule has 9 rings (SSSR count). The van der Waals surface area contributed by atoms with Crippen molar-refractivity contribution in [1.82, 2.24) is 24.5 Å². The van der Waals surface area contributed by atoms with Crippen LogP contribution in [0.3, 0.4) is 0 Å². The molecule has 4 aliphatic rings. The number of hydrogen-bond donors (Lipinski definition) is 3. The van der Waals surface area contributed by atoms with Crippen molar-refractivity contribution in [2.45, 2.75) is 50.5 Å². The van der Waals surface area contributed by atoms with Crippen LogP contribution in [0.5, 0.6) is 5.75 Å². The lowest BCUT2D eigenvalue weighted by atomic mass is 9.99. The highest BCUT2D eigenvalue weighted by molar-refractivity contribution is 7.90. The second-order valence-corrected chi connectivity index (χ2v) is 16.7. The number of piperidine rings is 1. The van der Waals surface area contributed by atoms with Crippen molar-refractivity contribution in [1.29, 1.82) is 0 Å². The number of ketones is 1. The van der Waals surface area contributed by atoms with Gasteiger partial charge in [-0.15, -0.1) is 0 Å². The molecule has 14 nitrogen and oxygen atoms in total. The summed E-state index contributed by atoms with van der Waals surface area (Å²) in [7, 11) is -4.37. The third-order valence-corrected chi connectivity index (χ3v) is 12.9. The molecule has 0 bridgehead atoms. The number of aromatic amines is 1. The van der Waals surface area contributed by atoms with E-state index >= 15 is 8.78 Å². The van der Waals surface area contributed by atoms with Crippen molar-refractivity contribution in [3.05, 3.63) is 107 Å². The summed E-state index contributed by atoms with van der Waals surface area (Å²) in [5, 5.41) is 2.61. The second kappa shape index (κ2) is 14.8. The van der Waals surface area contributed by atoms with Crippen LogP contribution in [0.1, 0.15) is 57.5 Å². The van der Waals surface area contributed by atoms with E-state index in [-0.39, 0.29) is 53.8 Å². The van der Waals surface area contributed by atoms with Gasteiger partial charge in [0.15, 0.2) is 5.82 Å². The molecule has 59 heavy (non-hydrogen) atoms. The van der Waals surface area contributed by atoms with Gasteiger partial charge in [0, 0.05) is 72.8 Å². The summed E-state index contributed by atoms with van der Waals surface area (Å²) in [6, 6.07) is 15.6. The predicted molar refractivity (Wildman–Crippen MR) is 209 cm³/mol. The lowest BCUT2D eigenvalue weighted by Crippen LogP contribution is -2.52. The molecule has 3 N–H and O–H groups in total. The molecular formula is C41H36F3N7O7S. The number of hydrogen-bond acceptors (Lipinski definition) is 9. The van der Waals surface area contributed by atoms with Gasteiger partial charge >= 0.3 is 10.2 Å². The largest absolute Gasteiger partial charge is 0.491 e. The number of amides is 3. The average Bonchev–Trinajstić information content (AvgIpc) is 3.93. The third-order valence-electron chi connectivity index (χ3n) is 11.4. The van der Waals surface area contributed by atoms with E-state index in [1.54, 1.807) is 30.5 Å². The summed E-state index contributed by atoms with van der Waals surface area (Å²) in [4.78, 5) is 61.8. The monoisotopic (exact) mass is 827 g/mol. The number of halogens is 3. The molecule has 0 spiro atoms. The van der Waals surface area contributed by atoms with Crippen molar-refractivity contribution in [2.75, 3.05) is 35.9 Å². The Morgan fingerprint density at radius 3 is 2.49 bits per heavy atom. The van der Waals surface area contributed by atoms with Crippen LogP contribution < -0.4 is 19.7 Å². The highest BCUT2D eigenvalue weighted by Crippen LogP contribution is 2.35. The van der Waals surface area contributed by atoms with Crippen LogP contribution in [0.4, 0.5) is 24.5 Å². The maximum Gasteiger partial charge on any atom is 0.301 e. The minimum absolute atomic E-state index is 0.00762. The van der Waals surface area contributed by atoms with E-state index in [9.17, 15) is 32.0 Å². The molecule has 0 saturated carbocycles. The van der Waals surface area contributed by atoms with Gasteiger partial charge in [0.2, 0.25) is 17.6 Å². The van der Waals surface area contributed by atoms with E-state index in [4.69, 9.17) is 4.74 Å². The molecule has 18 heteroatoms. The van der Waals surface area contributed by atoms with Crippen LogP contribution in [0.2, 0.25) is 0 Å². The van der Waals surface area contributed by atoms with Gasteiger partial charge in [0.25, 0.3) is 5.91 Å². The zero-order valence-corrected chi connectivity index (χ0v) is 32.0. The zero-order chi connectivity index (χ0) is 41.2. The first-order valence-electron chi connectivity index (χ1n) is 19.0. The first kappa shape index (κ1) is 38.3. The molecule has 5 aromatic rings. The van der Waals surface area contributed by atoms with Gasteiger partial charge in [-0.05, 0) is 78.9 Å². The number of anilines is 2. The summed E-state index contributed by atoms with van der Waals surface area (Å²) in [6.45, 7) is 0.987. The van der Waals surface area contributed by atoms with Crippen molar-refractivity contribution in [3.63, 3.8) is 0 Å². The molecule has 6 heterocycles. The number of nitrogens with zero attached hydrogens (tertiary/aromatic N) is 4. The molecule has 3 fully saturated rings. The van der Waals surface area contributed by atoms with Gasteiger partial charge in [-0.3, -0.25) is 29.2 Å². The minimum atomic E-state index is -4.37. The summed E-state index contributed by atoms with van der Waals surface area (Å²) in [6.07, 6.45) is 2.88. The fourth-order valence-corrected chi connectivity index (χ4v) is 9.33. The number of imide groups is 1. The normalized spacial score (nSPS) is 20.8. The van der Waals surface area contributed by atoms with E-state index in [1.807, 2.05) is 29.0 Å². The number of ether oxygens (including phenoxy) is 1. The van der Waals surface area contributed by atoms with Crippen LogP contribution in [-0.4, -0.2) is 95.6 Å². The molecule has 3 saturated heterocycles. The quantitative estimate of drug-likeness (QED) is 0.124. The van der Waals surface area contributed by atoms with Crippen molar-refractivity contribution in [2.24, 2.45) is 0 Å². The number of H-pyrrole nitrogens is 1. The molecule has 4 aliphatic heterocycles. The van der Waals surface area contributed by atoms with Crippen LogP contribution in [0.15, 0.2) is 73.1 Å². The average molecular weight is 828 g/mol. The standard InChI is InChI=1S/C41H36F3N7O7S/c42-25-11-13-49(20-25)59(56,57)48-33-8-7-32(43)36(37(33)44)38(53)31-18-46-39-30(31)16-23(17-45-39)22-1-4-28(5-2-22)58-21-27-12-14-50(27)26-3-6-29-24(15-26)19-51(41(29)55)34-9-10-35(52)47-40(34)54/h1-8,15-18,25,27,34,48H,9-14,19-21H2,(H,45,46)(H,47,52,54)/t25-,27+,34?/m1/s1. The maximum atomic E-state index is 15.7. The van der Waals surface area contributed by atoms with E-state index in [2.05, 4.69) is 20.2 Å². The molecule has 3 aromatic carbocycles. The molecule has 2 aromatic heterocycles. The number of fused-ring (bicyclic) bond motifs is 2. The number of benzene rings is 3. The second-order valence-electron chi connectivity index (χ2n) is 15.0. The van der Waals surface area contributed by atoms with Crippen LogP contribution >= 0.6 is 0 Å². The number of carbonyl (C=O) groups excluding carboxylic acids is 4. The molecule has 0 aliphatic carbocycles. The molecule has 304 valence electrons. The van der Waals surface area contributed by atoms with Gasteiger partial charge < -0.3 is 19.5 Å². The van der Waals surface area contributed by atoms with E-state index in [0.717, 1.165) is 46.2 Å². The van der Waals surface area contributed by atoms with Crippen LogP contribution in [0.25, 0.3) is 22.2 Å². The fraction of sp³-hybridized carbons (Fsp3) is 0.293. The number of aromatic nitrogens is 2. The summed E-state index contributed by atoms with van der Waals surface area (Å²) < 4.78 is 79.0. The first-order chi connectivity index (χ1) is 28.3. The lowest BCUT2D eigenvalue weighted by molar-refractivity contribution is -0.136. The van der Waals surface area contributed by atoms with Gasteiger partial charge in [0.05, 0.1) is 17.3 Å². The Labute approximate surface area is 335 Å². The highest BCUT2D eigenvalue weighted by atomic mass is 32.2. The zero-order valence-electron chi connectivity index (χ0n) is 31.2. The predicted octanol–water partition coefficient (Wildman–Crippen LogP) is 4.86. The number of nitrogens with one attached hydrogen (secondary N) is 3. The lowest BCUT2D eigenvalue weighted by Gasteiger charge is -2.42. The maximum absolute atomic E-state index is 15.7. The molecule has 3 amide bonds. The van der Waals surface area contributed by atoms with E-state index in [1.165, 1.54) is 11.1 Å². The first-order valence-corrected chi connectivity index (χ1v) is 20.5. The number of pyridine rings is 1. The molecule has 3 atom stereocenters. The van der Waals surface area contributed by atoms with Gasteiger partial charge in [-0.1, -0.05) is 12.1 Å². The third kappa shape index (κ3) is 7.05. The van der Waals surface area contributed by atoms with Gasteiger partial charge in [0.1, 0.15) is 36.0 Å². The molecule has 0 radical (unpaired) electrons. The van der Waals surface area contributed by atoms with Crippen molar-refractivity contribution in [3.8, 4) is 16.9 Å². The topological polar surface area (TPSA) is 174 Å². The van der Waals surface area contributed by atoms with E-state index in [0.29, 0.717) is 36.4 Å². The van der Waals surface area contributed by atoms with Crippen LogP contribution in [0, 0.1) is 11.6 Å². The van der Waals surface area contributed by atoms with Crippen LogP contribution in [-0.2, 0) is 26.3 Å². The van der Waals surface area contributed by atoms with E-state index < -0.39 is 63.5 Å². The van der Waals surface area contributed by atoms with Crippen molar-refractivity contribution >= 4 is 56.1 Å². The highest BCUT2D eigenvalue weighted by Gasteiger charge is 2.40. The Bertz CT molecular complexity index is 2680. The summed E-state index contributed by atoms with van der Waals surface area (Å²) in [5.74, 6) is -4.02. The number of carbonyl (C=O) groups is 4. The van der Waals surface area contributed by atoms with Crippen molar-refractivity contribution < 1.29 is 45.5 Å². The fourth-order valence-electron chi connectivity index (χ4n) is 8.06. The Morgan fingerprint density at radius 2 is 1.76 bits per heavy atom. The Morgan fingerprint density at radius 1 is 0.949 bits per heavy atom. The summed E-state index contributed by atoms with van der Waals surface area (Å²) in [5.41, 5.74) is 2.24. The number of rotatable bonds is 11. The van der Waals surface area contributed by atoms with Gasteiger partial charge in [-0.25, -0.2) is 18.2 Å². The van der Waals surface area contributed by atoms with Gasteiger partial charge in [-0.2, -0.15) is 12.7 Å². The minimum Gasteiger partial charge on any atom is -0.491 e. The Balaban J connectivity index is 0.860.